The van der Waals surface area contributed by atoms with Gasteiger partial charge in [-0.2, -0.15) is 27.2 Å². The average Bonchev–Trinajstić information content (AvgIpc) is 3.24. The van der Waals surface area contributed by atoms with Gasteiger partial charge >= 0.3 is 0 Å². The van der Waals surface area contributed by atoms with Crippen LogP contribution in [-0.2, 0) is 34.4 Å². The molecular weight excluding hydrogens is 630 g/mol. The van der Waals surface area contributed by atoms with E-state index < -0.39 is 36.8 Å². The van der Waals surface area contributed by atoms with Crippen LogP contribution in [0.1, 0.15) is 24.6 Å². The van der Waals surface area contributed by atoms with E-state index in [1.54, 1.807) is 24.1 Å². The van der Waals surface area contributed by atoms with Crippen molar-refractivity contribution in [1.82, 2.24) is 9.78 Å². The molecule has 1 amide bonds. The van der Waals surface area contributed by atoms with Crippen molar-refractivity contribution >= 4 is 61.1 Å². The molecule has 230 valence electrons. The summed E-state index contributed by atoms with van der Waals surface area (Å²) in [5.41, 5.74) is 1.05. The second kappa shape index (κ2) is 14.0. The molecule has 0 radical (unpaired) electrons. The summed E-state index contributed by atoms with van der Waals surface area (Å²) in [5.74, 6) is -1.02. The molecule has 2 aromatic carbocycles. The maximum Gasteiger partial charge on any atom is 0.294 e. The molecular formula is C23H25N7O10S3. The van der Waals surface area contributed by atoms with E-state index in [0.717, 1.165) is 16.8 Å². The van der Waals surface area contributed by atoms with Crippen LogP contribution in [0.2, 0.25) is 0 Å². The number of rotatable bonds is 13. The summed E-state index contributed by atoms with van der Waals surface area (Å²) in [6.07, 6.45) is 0.140. The lowest BCUT2D eigenvalue weighted by atomic mass is 10.2. The third-order valence-electron chi connectivity index (χ3n) is 5.64. The number of anilines is 2. The van der Waals surface area contributed by atoms with E-state index in [9.17, 15) is 31.4 Å². The van der Waals surface area contributed by atoms with Gasteiger partial charge in [-0.15, -0.1) is 14.6 Å². The van der Waals surface area contributed by atoms with Gasteiger partial charge in [0.1, 0.15) is 17.3 Å². The first-order valence-corrected chi connectivity index (χ1v) is 15.7. The fourth-order valence-corrected chi connectivity index (χ4v) is 5.16. The van der Waals surface area contributed by atoms with E-state index in [-0.39, 0.29) is 52.0 Å². The molecule has 0 atom stereocenters. The summed E-state index contributed by atoms with van der Waals surface area (Å²) in [6.45, 7) is 3.03. The van der Waals surface area contributed by atoms with Crippen molar-refractivity contribution in [2.45, 2.75) is 30.1 Å². The van der Waals surface area contributed by atoms with E-state index in [4.69, 9.17) is 9.81 Å². The Balaban J connectivity index is 2.10. The Morgan fingerprint density at radius 2 is 1.91 bits per heavy atom. The minimum Gasteiger partial charge on any atom is -0.375 e. The summed E-state index contributed by atoms with van der Waals surface area (Å²) in [4.78, 5) is 13.2. The summed E-state index contributed by atoms with van der Waals surface area (Å²) < 4.78 is 69.8. The Morgan fingerprint density at radius 3 is 2.51 bits per heavy atom. The van der Waals surface area contributed by atoms with Crippen LogP contribution in [-0.4, -0.2) is 66.2 Å². The highest BCUT2D eigenvalue weighted by molar-refractivity contribution is 7.94. The van der Waals surface area contributed by atoms with Crippen LogP contribution in [0, 0.1) is 18.3 Å². The van der Waals surface area contributed by atoms with Gasteiger partial charge in [0.05, 0.1) is 44.7 Å². The third kappa shape index (κ3) is 9.02. The van der Waals surface area contributed by atoms with Gasteiger partial charge < -0.3 is 10.2 Å². The number of benzene rings is 2. The first-order chi connectivity index (χ1) is 20.1. The molecule has 17 nitrogen and oxygen atoms in total. The van der Waals surface area contributed by atoms with Crippen LogP contribution in [0.5, 0.6) is 0 Å². The standard InChI is InChI=1S/C23H25N7O10S3/c1-14-18(13-24)23(30(28-14)21-12-17(43(36,37)38)6-8-22(21)41-40-39-32)27-26-19-7-5-16(11-20(19)25-15(2)31)29(3)9-4-10-42(33,34)35/h5-8,11-12,32H,4,9-10H2,1-3H3,(H,25,31)(H,33,34,35)(H,36,37,38). The third-order valence-corrected chi connectivity index (χ3v) is 7.95. The summed E-state index contributed by atoms with van der Waals surface area (Å²) in [5, 5.41) is 37.3. The van der Waals surface area contributed by atoms with E-state index in [1.165, 1.54) is 26.0 Å². The first kappa shape index (κ1) is 33.6. The van der Waals surface area contributed by atoms with Crippen LogP contribution in [0.3, 0.4) is 0 Å². The maximum absolute atomic E-state index is 11.9. The molecule has 0 bridgehead atoms. The molecule has 0 aliphatic heterocycles. The number of hydrogen-bond donors (Lipinski definition) is 4. The van der Waals surface area contributed by atoms with Gasteiger partial charge in [0.2, 0.25) is 5.91 Å². The largest absolute Gasteiger partial charge is 0.375 e. The average molecular weight is 656 g/mol. The van der Waals surface area contributed by atoms with E-state index in [2.05, 4.69) is 30.0 Å². The molecule has 0 spiro atoms. The second-order valence-corrected chi connectivity index (χ2v) is 12.5. The van der Waals surface area contributed by atoms with Gasteiger partial charge in [-0.25, -0.2) is 9.94 Å². The van der Waals surface area contributed by atoms with Crippen LogP contribution >= 0.6 is 12.0 Å². The molecule has 3 rings (SSSR count). The highest BCUT2D eigenvalue weighted by Gasteiger charge is 2.22. The molecule has 0 unspecified atom stereocenters. The monoisotopic (exact) mass is 655 g/mol. The second-order valence-electron chi connectivity index (χ2n) is 8.78. The normalized spacial score (nSPS) is 11.9. The summed E-state index contributed by atoms with van der Waals surface area (Å²) >= 11 is 0.463. The Bertz CT molecular complexity index is 1800. The maximum atomic E-state index is 11.9. The van der Waals surface area contributed by atoms with Gasteiger partial charge in [0.25, 0.3) is 20.2 Å². The number of hydrogen-bond acceptors (Lipinski definition) is 14. The van der Waals surface area contributed by atoms with Crippen LogP contribution in [0.25, 0.3) is 5.69 Å². The number of nitriles is 1. The quantitative estimate of drug-likeness (QED) is 0.0672. The van der Waals surface area contributed by atoms with Crippen molar-refractivity contribution in [3.8, 4) is 11.8 Å². The van der Waals surface area contributed by atoms with E-state index in [0.29, 0.717) is 17.7 Å². The Kier molecular flexibility index (Phi) is 10.9. The van der Waals surface area contributed by atoms with Crippen molar-refractivity contribution < 1.29 is 45.4 Å². The van der Waals surface area contributed by atoms with Crippen LogP contribution in [0.4, 0.5) is 22.9 Å². The molecule has 0 saturated carbocycles. The van der Waals surface area contributed by atoms with Gasteiger partial charge in [0, 0.05) is 26.2 Å². The number of nitrogens with one attached hydrogen (secondary N) is 1. The Labute approximate surface area is 250 Å². The van der Waals surface area contributed by atoms with Crippen LogP contribution < -0.4 is 10.2 Å². The molecule has 0 saturated heterocycles. The molecule has 1 heterocycles. The zero-order chi connectivity index (χ0) is 31.9. The topological polar surface area (TPSA) is 246 Å². The molecule has 43 heavy (non-hydrogen) atoms. The Hall–Kier alpha value is -3.94. The predicted molar refractivity (Wildman–Crippen MR) is 153 cm³/mol. The minimum atomic E-state index is -4.67. The van der Waals surface area contributed by atoms with Crippen molar-refractivity contribution in [1.29, 1.82) is 5.26 Å². The highest BCUT2D eigenvalue weighted by atomic mass is 32.2. The van der Waals surface area contributed by atoms with Crippen molar-refractivity contribution in [2.75, 3.05) is 29.6 Å². The first-order valence-electron chi connectivity index (χ1n) is 11.9. The molecule has 0 aliphatic rings. The van der Waals surface area contributed by atoms with Crippen LogP contribution in [0.15, 0.2) is 56.4 Å². The molecule has 0 fully saturated rings. The number of nitrogens with zero attached hydrogens (tertiary/aromatic N) is 6. The number of amides is 1. The number of azo groups is 1. The predicted octanol–water partition coefficient (Wildman–Crippen LogP) is 3.82. The number of aryl methyl sites for hydroxylation is 1. The van der Waals surface area contributed by atoms with Gasteiger partial charge in [-0.05, 0) is 49.7 Å². The van der Waals surface area contributed by atoms with Crippen molar-refractivity contribution in [2.24, 2.45) is 10.2 Å². The van der Waals surface area contributed by atoms with Crippen molar-refractivity contribution in [3.63, 3.8) is 0 Å². The van der Waals surface area contributed by atoms with E-state index >= 15 is 0 Å². The molecule has 4 N–H and O–H groups in total. The fraction of sp³-hybridized carbons (Fsp3) is 0.261. The smallest absolute Gasteiger partial charge is 0.294 e. The Morgan fingerprint density at radius 1 is 1.19 bits per heavy atom. The lowest BCUT2D eigenvalue weighted by Crippen LogP contribution is -2.21. The zero-order valence-corrected chi connectivity index (χ0v) is 25.1. The lowest BCUT2D eigenvalue weighted by molar-refractivity contribution is -0.432. The van der Waals surface area contributed by atoms with Crippen molar-refractivity contribution in [3.05, 3.63) is 47.7 Å². The lowest BCUT2D eigenvalue weighted by Gasteiger charge is -2.20. The van der Waals surface area contributed by atoms with Gasteiger partial charge in [0.15, 0.2) is 5.82 Å². The van der Waals surface area contributed by atoms with Gasteiger partial charge in [-0.3, -0.25) is 13.9 Å². The number of aromatic nitrogens is 2. The summed E-state index contributed by atoms with van der Waals surface area (Å²) in [7, 11) is -7.11. The molecule has 3 aromatic rings. The number of carbonyl (C=O) groups is 1. The minimum absolute atomic E-state index is 0.0347. The molecule has 20 heteroatoms. The SMILES string of the molecule is CC(=O)Nc1cc(N(C)CCCS(=O)(=O)O)ccc1N=Nc1c(C#N)c(C)nn1-c1cc(S(=O)(=O)O)ccc1SOOO. The number of carbonyl (C=O) groups excluding carboxylic acids is 1. The fourth-order valence-electron chi connectivity index (χ4n) is 3.70. The van der Waals surface area contributed by atoms with Gasteiger partial charge in [-0.1, -0.05) is 5.04 Å². The molecule has 1 aromatic heterocycles. The van der Waals surface area contributed by atoms with E-state index in [1.807, 2.05) is 6.07 Å². The highest BCUT2D eigenvalue weighted by Crippen LogP contribution is 2.36. The molecule has 0 aliphatic carbocycles. The summed E-state index contributed by atoms with van der Waals surface area (Å²) in [6, 6.07) is 9.97. The zero-order valence-electron chi connectivity index (χ0n) is 22.7.